The molecule has 24 heavy (non-hydrogen) atoms. The number of ketones is 2. The molecule has 0 amide bonds. The molecular weight excluding hydrogens is 298 g/mol. The van der Waals surface area contributed by atoms with Crippen LogP contribution in [0.15, 0.2) is 36.0 Å². The van der Waals surface area contributed by atoms with Gasteiger partial charge in [-0.3, -0.25) is 9.59 Å². The minimum Gasteiger partial charge on any atom is -0.359 e. The maximum Gasteiger partial charge on any atom is 0.147 e. The number of hydrogen-bond acceptors (Lipinski definition) is 3. The number of hydrogen-bond donors (Lipinski definition) is 1. The van der Waals surface area contributed by atoms with E-state index in [0.717, 1.165) is 23.4 Å². The second-order valence-electron chi connectivity index (χ2n) is 8.04. The first-order valence-electron chi connectivity index (χ1n) is 8.61. The molecule has 0 atom stereocenters. The molecule has 0 spiro atoms. The quantitative estimate of drug-likeness (QED) is 0.792. The maximum atomic E-state index is 12.4. The van der Waals surface area contributed by atoms with Crippen LogP contribution in [0.4, 0.5) is 5.69 Å². The highest BCUT2D eigenvalue weighted by Crippen LogP contribution is 2.35. The first-order valence-corrected chi connectivity index (χ1v) is 8.61. The number of nitrogens with one attached hydrogen (secondary N) is 1. The molecule has 1 aromatic rings. The number of Topliss-reactive ketones (excluding diaryl/α,β-unsaturated/α-hetero) is 2. The number of carbonyl (C=O) groups is 2. The van der Waals surface area contributed by atoms with Crippen LogP contribution in [0.1, 0.15) is 52.5 Å². The highest BCUT2D eigenvalue weighted by atomic mass is 16.2. The van der Waals surface area contributed by atoms with Gasteiger partial charge in [0.1, 0.15) is 11.6 Å². The smallest absolute Gasteiger partial charge is 0.147 e. The lowest BCUT2D eigenvalue weighted by atomic mass is 9.71. The van der Waals surface area contributed by atoms with E-state index >= 15 is 0 Å². The summed E-state index contributed by atoms with van der Waals surface area (Å²) < 4.78 is 0. The number of carbonyl (C=O) groups excluding carboxylic acids is 2. The molecule has 2 rings (SSSR count). The van der Waals surface area contributed by atoms with E-state index in [-0.39, 0.29) is 17.0 Å². The molecule has 1 saturated carbocycles. The monoisotopic (exact) mass is 326 g/mol. The van der Waals surface area contributed by atoms with Gasteiger partial charge in [-0.25, -0.2) is 0 Å². The van der Waals surface area contributed by atoms with Gasteiger partial charge in [-0.2, -0.15) is 0 Å². The van der Waals surface area contributed by atoms with Crippen LogP contribution >= 0.6 is 0 Å². The van der Waals surface area contributed by atoms with Gasteiger partial charge >= 0.3 is 0 Å². The molecule has 1 N–H and O–H groups in total. The lowest BCUT2D eigenvalue weighted by Gasteiger charge is -2.31. The third-order valence-electron chi connectivity index (χ3n) is 4.25. The van der Waals surface area contributed by atoms with Crippen LogP contribution in [-0.2, 0) is 9.59 Å². The van der Waals surface area contributed by atoms with Gasteiger partial charge in [-0.05, 0) is 48.4 Å². The molecule has 0 bridgehead atoms. The minimum absolute atomic E-state index is 0.0346. The Balaban J connectivity index is 2.23. The van der Waals surface area contributed by atoms with E-state index in [1.54, 1.807) is 0 Å². The summed E-state index contributed by atoms with van der Waals surface area (Å²) in [6.45, 7) is 12.1. The van der Waals surface area contributed by atoms with Crippen molar-refractivity contribution in [3.63, 3.8) is 0 Å². The number of allylic oxidation sites excluding steroid dienone is 2. The predicted molar refractivity (Wildman–Crippen MR) is 98.6 cm³/mol. The van der Waals surface area contributed by atoms with Crippen molar-refractivity contribution in [2.75, 3.05) is 5.32 Å². The van der Waals surface area contributed by atoms with E-state index in [1.165, 1.54) is 0 Å². The van der Waals surface area contributed by atoms with Crippen molar-refractivity contribution in [2.45, 2.75) is 47.0 Å². The zero-order chi connectivity index (χ0) is 17.9. The van der Waals surface area contributed by atoms with Crippen LogP contribution in [0.25, 0.3) is 0 Å². The van der Waals surface area contributed by atoms with E-state index in [9.17, 15) is 9.59 Å². The molecule has 129 valence electrons. The van der Waals surface area contributed by atoms with Crippen LogP contribution in [0.5, 0.6) is 0 Å². The Hall–Kier alpha value is -1.90. The van der Waals surface area contributed by atoms with Gasteiger partial charge < -0.3 is 5.32 Å². The first kappa shape index (κ1) is 18.4. The van der Waals surface area contributed by atoms with Crippen LogP contribution in [0, 0.1) is 24.2 Å². The van der Waals surface area contributed by atoms with Gasteiger partial charge in [-0.15, -0.1) is 0 Å². The predicted octanol–water partition coefficient (Wildman–Crippen LogP) is 4.79. The highest BCUT2D eigenvalue weighted by Gasteiger charge is 2.38. The molecule has 0 heterocycles. The Kier molecular flexibility index (Phi) is 5.63. The largest absolute Gasteiger partial charge is 0.359 e. The Morgan fingerprint density at radius 2 is 1.75 bits per heavy atom. The average Bonchev–Trinajstić information content (AvgIpc) is 2.43. The van der Waals surface area contributed by atoms with Crippen LogP contribution in [-0.4, -0.2) is 11.6 Å². The third-order valence-corrected chi connectivity index (χ3v) is 4.25. The number of benzene rings is 1. The van der Waals surface area contributed by atoms with Gasteiger partial charge in [0.15, 0.2) is 0 Å². The van der Waals surface area contributed by atoms with Crippen LogP contribution in [0.2, 0.25) is 0 Å². The van der Waals surface area contributed by atoms with E-state index in [4.69, 9.17) is 0 Å². The normalized spacial score (nSPS) is 19.0. The molecule has 1 aliphatic carbocycles. The van der Waals surface area contributed by atoms with E-state index in [0.29, 0.717) is 18.8 Å². The standard InChI is InChI=1S/C21H28NO2/c1-14(2)10-17(22-16-8-6-15(3)7-9-16)11-18-19(23)12-21(4,5)13-20(18)24/h6-9,11,14,18,22H,3,10,12-13H2,1-2,4-5H3. The molecule has 0 saturated heterocycles. The molecule has 1 radical (unpaired) electrons. The van der Waals surface area contributed by atoms with Crippen molar-refractivity contribution in [2.24, 2.45) is 17.3 Å². The van der Waals surface area contributed by atoms with Crippen molar-refractivity contribution >= 4 is 17.3 Å². The lowest BCUT2D eigenvalue weighted by Crippen LogP contribution is -2.37. The second kappa shape index (κ2) is 7.33. The topological polar surface area (TPSA) is 46.2 Å². The van der Waals surface area contributed by atoms with Crippen LogP contribution in [0.3, 0.4) is 0 Å². The van der Waals surface area contributed by atoms with Crippen molar-refractivity contribution in [3.8, 4) is 0 Å². The van der Waals surface area contributed by atoms with E-state index in [2.05, 4.69) is 26.1 Å². The summed E-state index contributed by atoms with van der Waals surface area (Å²) in [6.07, 6.45) is 3.57. The summed E-state index contributed by atoms with van der Waals surface area (Å²) >= 11 is 0. The molecule has 3 nitrogen and oxygen atoms in total. The SMILES string of the molecule is [CH2]c1ccc(NC(=CC2C(=O)CC(C)(C)CC2=O)CC(C)C)cc1. The van der Waals surface area contributed by atoms with E-state index < -0.39 is 5.92 Å². The molecule has 3 heteroatoms. The van der Waals surface area contributed by atoms with Crippen molar-refractivity contribution in [3.05, 3.63) is 48.5 Å². The fourth-order valence-corrected chi connectivity index (χ4v) is 3.17. The maximum absolute atomic E-state index is 12.4. The zero-order valence-electron chi connectivity index (χ0n) is 15.2. The zero-order valence-corrected chi connectivity index (χ0v) is 15.2. The van der Waals surface area contributed by atoms with Gasteiger partial charge in [0.05, 0.1) is 5.92 Å². The van der Waals surface area contributed by atoms with E-state index in [1.807, 2.05) is 44.2 Å². The molecule has 0 aromatic heterocycles. The number of anilines is 1. The minimum atomic E-state index is -0.605. The Morgan fingerprint density at radius 3 is 2.25 bits per heavy atom. The number of rotatable bonds is 5. The van der Waals surface area contributed by atoms with Crippen molar-refractivity contribution in [1.29, 1.82) is 0 Å². The van der Waals surface area contributed by atoms with Crippen LogP contribution < -0.4 is 5.32 Å². The molecule has 1 aromatic carbocycles. The lowest BCUT2D eigenvalue weighted by molar-refractivity contribution is -0.137. The Labute approximate surface area is 145 Å². The summed E-state index contributed by atoms with van der Waals surface area (Å²) in [7, 11) is 0. The Bertz CT molecular complexity index is 618. The fourth-order valence-electron chi connectivity index (χ4n) is 3.17. The summed E-state index contributed by atoms with van der Waals surface area (Å²) in [5.41, 5.74) is 2.63. The van der Waals surface area contributed by atoms with Gasteiger partial charge in [0.25, 0.3) is 0 Å². The third kappa shape index (κ3) is 5.05. The molecule has 0 aliphatic heterocycles. The first-order chi connectivity index (χ1) is 11.2. The summed E-state index contributed by atoms with van der Waals surface area (Å²) in [4.78, 5) is 24.9. The molecule has 0 unspecified atom stereocenters. The Morgan fingerprint density at radius 1 is 1.21 bits per heavy atom. The average molecular weight is 326 g/mol. The highest BCUT2D eigenvalue weighted by molar-refractivity contribution is 6.07. The summed E-state index contributed by atoms with van der Waals surface area (Å²) in [5, 5.41) is 3.38. The van der Waals surface area contributed by atoms with Gasteiger partial charge in [0, 0.05) is 24.2 Å². The van der Waals surface area contributed by atoms with Gasteiger partial charge in [-0.1, -0.05) is 39.8 Å². The van der Waals surface area contributed by atoms with Crippen molar-refractivity contribution in [1.82, 2.24) is 0 Å². The molecular formula is C21H28NO2. The fraction of sp³-hybridized carbons (Fsp3) is 0.476. The van der Waals surface area contributed by atoms with Crippen molar-refractivity contribution < 1.29 is 9.59 Å². The second-order valence-corrected chi connectivity index (χ2v) is 8.04. The summed E-state index contributed by atoms with van der Waals surface area (Å²) in [5.74, 6) is -0.104. The molecule has 1 aliphatic rings. The summed E-state index contributed by atoms with van der Waals surface area (Å²) in [6, 6.07) is 7.80. The van der Waals surface area contributed by atoms with Gasteiger partial charge in [0.2, 0.25) is 0 Å². The molecule has 1 fully saturated rings.